The molecule has 0 fully saturated rings. The first kappa shape index (κ1) is 12.4. The Morgan fingerprint density at radius 2 is 2.06 bits per heavy atom. The van der Waals surface area contributed by atoms with Crippen LogP contribution >= 0.6 is 0 Å². The molecule has 0 aliphatic rings. The van der Waals surface area contributed by atoms with Crippen LogP contribution in [-0.2, 0) is 0 Å². The molecule has 0 aliphatic carbocycles. The van der Waals surface area contributed by atoms with E-state index in [1.54, 1.807) is 12.1 Å². The van der Waals surface area contributed by atoms with Gasteiger partial charge < -0.3 is 10.4 Å². The van der Waals surface area contributed by atoms with E-state index in [4.69, 9.17) is 0 Å². The van der Waals surface area contributed by atoms with Crippen LogP contribution in [-0.4, -0.2) is 11.1 Å². The minimum absolute atomic E-state index is 0.271. The Morgan fingerprint density at radius 3 is 2.56 bits per heavy atom. The van der Waals surface area contributed by atoms with Gasteiger partial charge in [0, 0.05) is 11.7 Å². The third kappa shape index (κ3) is 3.46. The Morgan fingerprint density at radius 1 is 1.44 bits per heavy atom. The molecule has 0 spiro atoms. The number of aromatic hydroxyl groups is 1. The van der Waals surface area contributed by atoms with Gasteiger partial charge in [-0.1, -0.05) is 25.7 Å². The lowest BCUT2D eigenvalue weighted by Gasteiger charge is -2.17. The molecule has 0 saturated carbocycles. The van der Waals surface area contributed by atoms with Crippen molar-refractivity contribution in [2.24, 2.45) is 0 Å². The average Bonchev–Trinajstić information content (AvgIpc) is 2.29. The van der Waals surface area contributed by atoms with Gasteiger partial charge in [0.05, 0.1) is 0 Å². The smallest absolute Gasteiger partial charge is 0.115 e. The summed E-state index contributed by atoms with van der Waals surface area (Å²) in [5.41, 5.74) is 2.32. The molecule has 0 saturated heterocycles. The van der Waals surface area contributed by atoms with Crippen molar-refractivity contribution in [1.82, 2.24) is 0 Å². The number of phenols is 1. The van der Waals surface area contributed by atoms with E-state index in [1.807, 2.05) is 24.3 Å². The molecule has 1 atom stereocenters. The standard InChI is InChI=1S/C14H19NO/c1-4-6-12(5-2)11(3)15-13-7-9-14(16)10-8-13/h4,6-11,15-16H,1,5H2,2-3H3/b12-6-. The molecule has 16 heavy (non-hydrogen) atoms. The number of anilines is 1. The highest BCUT2D eigenvalue weighted by atomic mass is 16.3. The van der Waals surface area contributed by atoms with E-state index < -0.39 is 0 Å². The second kappa shape index (κ2) is 6.01. The van der Waals surface area contributed by atoms with Gasteiger partial charge in [0.2, 0.25) is 0 Å². The predicted octanol–water partition coefficient (Wildman–Crippen LogP) is 3.72. The van der Waals surface area contributed by atoms with Gasteiger partial charge in [0.25, 0.3) is 0 Å². The molecular formula is C14H19NO. The minimum atomic E-state index is 0.271. The third-order valence-corrected chi connectivity index (χ3v) is 2.55. The van der Waals surface area contributed by atoms with Crippen LogP contribution in [0.25, 0.3) is 0 Å². The number of nitrogens with one attached hydrogen (secondary N) is 1. The van der Waals surface area contributed by atoms with Crippen molar-refractivity contribution in [2.45, 2.75) is 26.3 Å². The van der Waals surface area contributed by atoms with E-state index in [0.29, 0.717) is 0 Å². The van der Waals surface area contributed by atoms with E-state index in [1.165, 1.54) is 5.57 Å². The van der Waals surface area contributed by atoms with E-state index in [-0.39, 0.29) is 11.8 Å². The number of rotatable bonds is 5. The largest absolute Gasteiger partial charge is 0.508 e. The van der Waals surface area contributed by atoms with Crippen LogP contribution in [0.1, 0.15) is 20.3 Å². The van der Waals surface area contributed by atoms with Gasteiger partial charge in [-0.05, 0) is 43.2 Å². The van der Waals surface area contributed by atoms with Gasteiger partial charge in [0.1, 0.15) is 5.75 Å². The molecular weight excluding hydrogens is 198 g/mol. The van der Waals surface area contributed by atoms with Crippen LogP contribution in [0.5, 0.6) is 5.75 Å². The second-order valence-corrected chi connectivity index (χ2v) is 3.74. The first-order chi connectivity index (χ1) is 7.67. The Labute approximate surface area is 97.3 Å². The van der Waals surface area contributed by atoms with Crippen molar-refractivity contribution in [1.29, 1.82) is 0 Å². The summed E-state index contributed by atoms with van der Waals surface area (Å²) in [6.45, 7) is 7.96. The van der Waals surface area contributed by atoms with E-state index in [0.717, 1.165) is 12.1 Å². The third-order valence-electron chi connectivity index (χ3n) is 2.55. The van der Waals surface area contributed by atoms with Gasteiger partial charge in [-0.3, -0.25) is 0 Å². The molecule has 0 bridgehead atoms. The molecule has 2 N–H and O–H groups in total. The number of phenolic OH excluding ortho intramolecular Hbond substituents is 1. The zero-order valence-corrected chi connectivity index (χ0v) is 9.90. The van der Waals surface area contributed by atoms with Crippen molar-refractivity contribution in [3.63, 3.8) is 0 Å². The molecule has 0 aromatic heterocycles. The normalized spacial score (nSPS) is 13.2. The van der Waals surface area contributed by atoms with Crippen molar-refractivity contribution < 1.29 is 5.11 Å². The summed E-state index contributed by atoms with van der Waals surface area (Å²) in [7, 11) is 0. The molecule has 1 aromatic carbocycles. The maximum absolute atomic E-state index is 9.18. The number of hydrogen-bond donors (Lipinski definition) is 2. The van der Waals surface area contributed by atoms with Crippen molar-refractivity contribution in [2.75, 3.05) is 5.32 Å². The highest BCUT2D eigenvalue weighted by Gasteiger charge is 2.05. The summed E-state index contributed by atoms with van der Waals surface area (Å²) in [6.07, 6.45) is 4.85. The van der Waals surface area contributed by atoms with Gasteiger partial charge in [0.15, 0.2) is 0 Å². The maximum atomic E-state index is 9.18. The van der Waals surface area contributed by atoms with Crippen LogP contribution in [0.15, 0.2) is 48.6 Å². The molecule has 86 valence electrons. The Hall–Kier alpha value is -1.70. The fourth-order valence-corrected chi connectivity index (χ4v) is 1.62. The van der Waals surface area contributed by atoms with Gasteiger partial charge in [-0.2, -0.15) is 0 Å². The molecule has 0 heterocycles. The molecule has 0 radical (unpaired) electrons. The monoisotopic (exact) mass is 217 g/mol. The highest BCUT2D eigenvalue weighted by Crippen LogP contribution is 2.17. The van der Waals surface area contributed by atoms with Gasteiger partial charge in [-0.25, -0.2) is 0 Å². The Kier molecular flexibility index (Phi) is 4.65. The molecule has 1 aromatic rings. The average molecular weight is 217 g/mol. The molecule has 1 rings (SSSR count). The lowest BCUT2D eigenvalue weighted by Crippen LogP contribution is -2.17. The summed E-state index contributed by atoms with van der Waals surface area (Å²) in [6, 6.07) is 7.36. The maximum Gasteiger partial charge on any atom is 0.115 e. The first-order valence-corrected chi connectivity index (χ1v) is 5.54. The zero-order chi connectivity index (χ0) is 12.0. The molecule has 1 unspecified atom stereocenters. The lowest BCUT2D eigenvalue weighted by atomic mass is 10.1. The zero-order valence-electron chi connectivity index (χ0n) is 9.90. The molecule has 0 amide bonds. The van der Waals surface area contributed by atoms with Crippen molar-refractivity contribution >= 4 is 5.69 Å². The second-order valence-electron chi connectivity index (χ2n) is 3.74. The van der Waals surface area contributed by atoms with Crippen LogP contribution in [0, 0.1) is 0 Å². The summed E-state index contributed by atoms with van der Waals surface area (Å²) in [5, 5.41) is 12.6. The van der Waals surface area contributed by atoms with Crippen LogP contribution in [0.3, 0.4) is 0 Å². The number of allylic oxidation sites excluding steroid dienone is 2. The first-order valence-electron chi connectivity index (χ1n) is 5.54. The molecule has 2 nitrogen and oxygen atoms in total. The van der Waals surface area contributed by atoms with E-state index >= 15 is 0 Å². The lowest BCUT2D eigenvalue weighted by molar-refractivity contribution is 0.475. The van der Waals surface area contributed by atoms with Crippen LogP contribution in [0.2, 0.25) is 0 Å². The van der Waals surface area contributed by atoms with Gasteiger partial charge >= 0.3 is 0 Å². The summed E-state index contributed by atoms with van der Waals surface area (Å²) >= 11 is 0. The van der Waals surface area contributed by atoms with Crippen LogP contribution < -0.4 is 5.32 Å². The summed E-state index contributed by atoms with van der Waals surface area (Å²) in [4.78, 5) is 0. The topological polar surface area (TPSA) is 32.3 Å². The van der Waals surface area contributed by atoms with E-state index in [9.17, 15) is 5.11 Å². The quantitative estimate of drug-likeness (QED) is 0.582. The fourth-order valence-electron chi connectivity index (χ4n) is 1.62. The number of hydrogen-bond acceptors (Lipinski definition) is 2. The van der Waals surface area contributed by atoms with Crippen LogP contribution in [0.4, 0.5) is 5.69 Å². The minimum Gasteiger partial charge on any atom is -0.508 e. The summed E-state index contributed by atoms with van der Waals surface area (Å²) < 4.78 is 0. The molecule has 0 aliphatic heterocycles. The van der Waals surface area contributed by atoms with E-state index in [2.05, 4.69) is 25.7 Å². The fraction of sp³-hybridized carbons (Fsp3) is 0.286. The Balaban J connectivity index is 2.69. The summed E-state index contributed by atoms with van der Waals surface area (Å²) in [5.74, 6) is 0.288. The van der Waals surface area contributed by atoms with Crippen molar-refractivity contribution in [3.05, 3.63) is 48.6 Å². The number of benzene rings is 1. The van der Waals surface area contributed by atoms with Gasteiger partial charge in [-0.15, -0.1) is 0 Å². The highest BCUT2D eigenvalue weighted by molar-refractivity contribution is 5.48. The predicted molar refractivity (Wildman–Crippen MR) is 69.8 cm³/mol. The SMILES string of the molecule is C=C/C=C(/CC)C(C)Nc1ccc(O)cc1. The Bertz CT molecular complexity index is 365. The molecule has 2 heteroatoms. The van der Waals surface area contributed by atoms with Crippen molar-refractivity contribution in [3.8, 4) is 5.75 Å².